The highest BCUT2D eigenvalue weighted by molar-refractivity contribution is 5.87. The van der Waals surface area contributed by atoms with Crippen LogP contribution < -0.4 is 5.32 Å². The lowest BCUT2D eigenvalue weighted by Gasteiger charge is -2.23. The molecular formula is C17H30N6O. The van der Waals surface area contributed by atoms with Crippen molar-refractivity contribution in [3.05, 3.63) is 6.33 Å². The van der Waals surface area contributed by atoms with Gasteiger partial charge in [0, 0.05) is 19.1 Å². The summed E-state index contributed by atoms with van der Waals surface area (Å²) in [6, 6.07) is 0.929. The van der Waals surface area contributed by atoms with Gasteiger partial charge >= 0.3 is 6.03 Å². The minimum absolute atomic E-state index is 0.0733. The molecule has 2 amide bonds. The highest BCUT2D eigenvalue weighted by Crippen LogP contribution is 2.27. The molecule has 1 saturated carbocycles. The monoisotopic (exact) mass is 334 g/mol. The summed E-state index contributed by atoms with van der Waals surface area (Å²) in [6.45, 7) is 1.59. The fourth-order valence-corrected chi connectivity index (χ4v) is 3.83. The minimum Gasteiger partial charge on any atom is -0.324 e. The smallest absolute Gasteiger partial charge is 0.324 e. The summed E-state index contributed by atoms with van der Waals surface area (Å²) < 4.78 is 1.93. The molecule has 0 spiro atoms. The number of carbonyl (C=O) groups is 1. The normalized spacial score (nSPS) is 23.3. The molecule has 2 aliphatic rings. The van der Waals surface area contributed by atoms with E-state index in [0.717, 1.165) is 45.2 Å². The second-order valence-electron chi connectivity index (χ2n) is 7.31. The first kappa shape index (κ1) is 17.2. The van der Waals surface area contributed by atoms with Gasteiger partial charge in [-0.05, 0) is 46.2 Å². The fraction of sp³-hybridized carbons (Fsp3) is 0.824. The van der Waals surface area contributed by atoms with E-state index in [9.17, 15) is 4.79 Å². The van der Waals surface area contributed by atoms with Gasteiger partial charge in [0.1, 0.15) is 6.33 Å². The van der Waals surface area contributed by atoms with Gasteiger partial charge in [-0.25, -0.2) is 14.5 Å². The van der Waals surface area contributed by atoms with Crippen LogP contribution in [0.4, 0.5) is 10.7 Å². The summed E-state index contributed by atoms with van der Waals surface area (Å²) in [4.78, 5) is 20.9. The van der Waals surface area contributed by atoms with Gasteiger partial charge in [-0.3, -0.25) is 5.32 Å². The maximum Gasteiger partial charge on any atom is 0.324 e. The van der Waals surface area contributed by atoms with Crippen LogP contribution in [0.5, 0.6) is 0 Å². The van der Waals surface area contributed by atoms with Gasteiger partial charge in [0.2, 0.25) is 5.95 Å². The summed E-state index contributed by atoms with van der Waals surface area (Å²) in [5, 5.41) is 7.35. The number of nitrogens with zero attached hydrogens (tertiary/aromatic N) is 5. The number of likely N-dealkylation sites (tertiary alicyclic amines) is 1. The van der Waals surface area contributed by atoms with E-state index in [0.29, 0.717) is 18.0 Å². The first-order chi connectivity index (χ1) is 11.6. The summed E-state index contributed by atoms with van der Waals surface area (Å²) >= 11 is 0. The molecule has 0 bridgehead atoms. The lowest BCUT2D eigenvalue weighted by Crippen LogP contribution is -2.37. The zero-order valence-corrected chi connectivity index (χ0v) is 14.9. The van der Waals surface area contributed by atoms with E-state index in [-0.39, 0.29) is 6.03 Å². The van der Waals surface area contributed by atoms with Gasteiger partial charge in [-0.1, -0.05) is 19.3 Å². The molecule has 2 heterocycles. The van der Waals surface area contributed by atoms with Crippen molar-refractivity contribution in [1.29, 1.82) is 0 Å². The molecule has 0 aromatic carbocycles. The van der Waals surface area contributed by atoms with Crippen molar-refractivity contribution >= 4 is 12.0 Å². The van der Waals surface area contributed by atoms with Crippen LogP contribution in [0.15, 0.2) is 6.33 Å². The molecule has 134 valence electrons. The zero-order chi connectivity index (χ0) is 16.9. The molecule has 1 aromatic rings. The topological polar surface area (TPSA) is 66.3 Å². The Bertz CT molecular complexity index is 537. The predicted molar refractivity (Wildman–Crippen MR) is 94.1 cm³/mol. The third-order valence-corrected chi connectivity index (χ3v) is 5.39. The summed E-state index contributed by atoms with van der Waals surface area (Å²) in [5.74, 6) is 0.430. The number of nitrogens with one attached hydrogen (secondary N) is 1. The predicted octanol–water partition coefficient (Wildman–Crippen LogP) is 2.73. The maximum absolute atomic E-state index is 12.5. The second-order valence-corrected chi connectivity index (χ2v) is 7.31. The van der Waals surface area contributed by atoms with E-state index < -0.39 is 0 Å². The lowest BCUT2D eigenvalue weighted by atomic mass is 9.96. The van der Waals surface area contributed by atoms with Gasteiger partial charge in [0.05, 0.1) is 6.04 Å². The Hall–Kier alpha value is -1.63. The molecule has 7 heteroatoms. The Kier molecular flexibility index (Phi) is 5.71. The fourth-order valence-electron chi connectivity index (χ4n) is 3.83. The molecule has 1 aliphatic carbocycles. The number of hydrogen-bond acceptors (Lipinski definition) is 4. The average molecular weight is 334 g/mol. The van der Waals surface area contributed by atoms with E-state index in [1.807, 2.05) is 9.58 Å². The third-order valence-electron chi connectivity index (χ3n) is 5.39. The first-order valence-electron chi connectivity index (χ1n) is 9.27. The Labute approximate surface area is 144 Å². The number of hydrogen-bond donors (Lipinski definition) is 1. The van der Waals surface area contributed by atoms with Crippen molar-refractivity contribution < 1.29 is 4.79 Å². The first-order valence-corrected chi connectivity index (χ1v) is 9.27. The summed E-state index contributed by atoms with van der Waals surface area (Å²) in [5.41, 5.74) is 0. The van der Waals surface area contributed by atoms with Gasteiger partial charge in [-0.2, -0.15) is 0 Å². The SMILES string of the molecule is CN(C)C1CCCN(C(=O)Nc2ncn(C3CCCCC3)n2)CC1. The van der Waals surface area contributed by atoms with Gasteiger partial charge in [0.15, 0.2) is 0 Å². The van der Waals surface area contributed by atoms with Gasteiger partial charge < -0.3 is 9.80 Å². The van der Waals surface area contributed by atoms with Crippen molar-refractivity contribution in [3.63, 3.8) is 0 Å². The van der Waals surface area contributed by atoms with Crippen LogP contribution >= 0.6 is 0 Å². The quantitative estimate of drug-likeness (QED) is 0.923. The Morgan fingerprint density at radius 1 is 1.12 bits per heavy atom. The molecule has 1 unspecified atom stereocenters. The highest BCUT2D eigenvalue weighted by Gasteiger charge is 2.23. The number of aromatic nitrogens is 3. The molecule has 24 heavy (non-hydrogen) atoms. The van der Waals surface area contributed by atoms with Crippen LogP contribution in [0, 0.1) is 0 Å². The number of anilines is 1. The van der Waals surface area contributed by atoms with Crippen LogP contribution in [-0.4, -0.2) is 63.8 Å². The molecule has 1 atom stereocenters. The Balaban J connectivity index is 1.54. The molecular weight excluding hydrogens is 304 g/mol. The van der Waals surface area contributed by atoms with E-state index in [1.165, 1.54) is 19.3 Å². The minimum atomic E-state index is -0.0733. The van der Waals surface area contributed by atoms with Crippen LogP contribution in [0.25, 0.3) is 0 Å². The number of rotatable bonds is 3. The van der Waals surface area contributed by atoms with Crippen molar-refractivity contribution in [2.75, 3.05) is 32.5 Å². The molecule has 7 nitrogen and oxygen atoms in total. The Morgan fingerprint density at radius 3 is 2.67 bits per heavy atom. The second kappa shape index (κ2) is 7.96. The van der Waals surface area contributed by atoms with E-state index in [1.54, 1.807) is 6.33 Å². The van der Waals surface area contributed by atoms with E-state index in [4.69, 9.17) is 0 Å². The molecule has 1 saturated heterocycles. The molecule has 0 radical (unpaired) electrons. The van der Waals surface area contributed by atoms with Gasteiger partial charge in [0.25, 0.3) is 0 Å². The summed E-state index contributed by atoms with van der Waals surface area (Å²) in [6.07, 6.45) is 11.1. The molecule has 3 rings (SSSR count). The average Bonchev–Trinajstić information content (AvgIpc) is 2.90. The number of carbonyl (C=O) groups excluding carboxylic acids is 1. The highest BCUT2D eigenvalue weighted by atomic mass is 16.2. The van der Waals surface area contributed by atoms with Crippen molar-refractivity contribution in [3.8, 4) is 0 Å². The van der Waals surface area contributed by atoms with Crippen molar-refractivity contribution in [2.45, 2.75) is 63.5 Å². The van der Waals surface area contributed by atoms with Crippen molar-refractivity contribution in [1.82, 2.24) is 24.6 Å². The third kappa shape index (κ3) is 4.26. The van der Waals surface area contributed by atoms with Crippen LogP contribution in [-0.2, 0) is 0 Å². The molecule has 1 aliphatic heterocycles. The van der Waals surface area contributed by atoms with Crippen molar-refractivity contribution in [2.24, 2.45) is 0 Å². The van der Waals surface area contributed by atoms with Crippen LogP contribution in [0.2, 0.25) is 0 Å². The number of urea groups is 1. The number of amides is 2. The molecule has 1 aromatic heterocycles. The van der Waals surface area contributed by atoms with Crippen LogP contribution in [0.1, 0.15) is 57.4 Å². The maximum atomic E-state index is 12.5. The van der Waals surface area contributed by atoms with E-state index >= 15 is 0 Å². The molecule has 1 N–H and O–H groups in total. The largest absolute Gasteiger partial charge is 0.324 e. The lowest BCUT2D eigenvalue weighted by molar-refractivity contribution is 0.210. The Morgan fingerprint density at radius 2 is 1.92 bits per heavy atom. The zero-order valence-electron chi connectivity index (χ0n) is 14.9. The van der Waals surface area contributed by atoms with Gasteiger partial charge in [-0.15, -0.1) is 5.10 Å². The van der Waals surface area contributed by atoms with E-state index in [2.05, 4.69) is 34.4 Å². The van der Waals surface area contributed by atoms with Crippen LogP contribution in [0.3, 0.4) is 0 Å². The molecule has 2 fully saturated rings. The summed E-state index contributed by atoms with van der Waals surface area (Å²) in [7, 11) is 4.23. The standard InChI is InChI=1S/C17H30N6O/c1-21(2)14-9-6-11-22(12-10-14)17(24)19-16-18-13-23(20-16)15-7-4-3-5-8-15/h13-15H,3-12H2,1-2H3,(H,19,20,24).